The fraction of sp³-hybridized carbons (Fsp3) is 0.250. The lowest BCUT2D eigenvalue weighted by atomic mass is 9.98. The molecule has 0 aliphatic carbocycles. The molecule has 0 aliphatic rings. The molecule has 0 heterocycles. The largest absolute Gasteiger partial charge is 0.507 e. The molecule has 2 nitrogen and oxygen atoms in total. The minimum absolute atomic E-state index is 0.0591. The molecule has 2 N–H and O–H groups in total. The van der Waals surface area contributed by atoms with Crippen LogP contribution >= 0.6 is 0 Å². The standard InChI is InChI=1S/C24H26O2/c1-2-3-4-5-6-7-23-16-22(12-13-24(23)26)21-11-10-19-14-18(17-25)8-9-20(19)15-21/h6-16,25-26H,2-5,17H2,1H3. The van der Waals surface area contributed by atoms with Gasteiger partial charge in [0.25, 0.3) is 0 Å². The molecule has 3 aromatic carbocycles. The zero-order chi connectivity index (χ0) is 18.4. The van der Waals surface area contributed by atoms with E-state index in [1.165, 1.54) is 19.3 Å². The fourth-order valence-corrected chi connectivity index (χ4v) is 3.16. The molecular weight excluding hydrogens is 320 g/mol. The lowest BCUT2D eigenvalue weighted by molar-refractivity contribution is 0.282. The van der Waals surface area contributed by atoms with Crippen LogP contribution in [0.2, 0.25) is 0 Å². The van der Waals surface area contributed by atoms with E-state index in [2.05, 4.69) is 31.2 Å². The second kappa shape index (κ2) is 8.68. The lowest BCUT2D eigenvalue weighted by Crippen LogP contribution is -1.85. The quantitative estimate of drug-likeness (QED) is 0.493. The maximum atomic E-state index is 10.1. The SMILES string of the molecule is CCCCCC=Cc1cc(-c2ccc3cc(CO)ccc3c2)ccc1O. The van der Waals surface area contributed by atoms with Gasteiger partial charge in [0, 0.05) is 5.56 Å². The first-order valence-electron chi connectivity index (χ1n) is 9.34. The van der Waals surface area contributed by atoms with Crippen molar-refractivity contribution in [1.82, 2.24) is 0 Å². The van der Waals surface area contributed by atoms with Gasteiger partial charge in [0.1, 0.15) is 5.75 Å². The molecule has 3 rings (SSSR count). The summed E-state index contributed by atoms with van der Waals surface area (Å²) >= 11 is 0. The molecule has 0 spiro atoms. The van der Waals surface area contributed by atoms with Crippen LogP contribution in [-0.2, 0) is 6.61 Å². The normalized spacial score (nSPS) is 11.5. The number of unbranched alkanes of at least 4 members (excludes halogenated alkanes) is 3. The summed E-state index contributed by atoms with van der Waals surface area (Å²) in [5.41, 5.74) is 3.99. The first-order valence-corrected chi connectivity index (χ1v) is 9.34. The molecule has 0 bridgehead atoms. The van der Waals surface area contributed by atoms with E-state index in [0.29, 0.717) is 5.75 Å². The predicted molar refractivity (Wildman–Crippen MR) is 110 cm³/mol. The van der Waals surface area contributed by atoms with Crippen LogP contribution < -0.4 is 0 Å². The molecule has 0 saturated heterocycles. The zero-order valence-electron chi connectivity index (χ0n) is 15.3. The van der Waals surface area contributed by atoms with Gasteiger partial charge >= 0.3 is 0 Å². The van der Waals surface area contributed by atoms with Crippen LogP contribution in [0.25, 0.3) is 28.0 Å². The maximum Gasteiger partial charge on any atom is 0.122 e. The van der Waals surface area contributed by atoms with Crippen LogP contribution in [0.3, 0.4) is 0 Å². The summed E-state index contributed by atoms with van der Waals surface area (Å²) in [7, 11) is 0. The van der Waals surface area contributed by atoms with E-state index >= 15 is 0 Å². The molecule has 134 valence electrons. The first kappa shape index (κ1) is 18.2. The van der Waals surface area contributed by atoms with Gasteiger partial charge in [-0.05, 0) is 64.6 Å². The average Bonchev–Trinajstić information content (AvgIpc) is 2.68. The van der Waals surface area contributed by atoms with E-state index < -0.39 is 0 Å². The molecule has 0 fully saturated rings. The number of allylic oxidation sites excluding steroid dienone is 1. The third kappa shape index (κ3) is 4.33. The predicted octanol–water partition coefficient (Wildman–Crippen LogP) is 6.30. The van der Waals surface area contributed by atoms with Gasteiger partial charge in [0.15, 0.2) is 0 Å². The number of fused-ring (bicyclic) bond motifs is 1. The number of hydrogen-bond donors (Lipinski definition) is 2. The van der Waals surface area contributed by atoms with E-state index in [0.717, 1.165) is 39.4 Å². The molecule has 0 atom stereocenters. The van der Waals surface area contributed by atoms with E-state index in [1.54, 1.807) is 6.07 Å². The van der Waals surface area contributed by atoms with Crippen molar-refractivity contribution in [1.29, 1.82) is 0 Å². The van der Waals surface area contributed by atoms with Gasteiger partial charge in [-0.15, -0.1) is 0 Å². The number of rotatable bonds is 7. The highest BCUT2D eigenvalue weighted by Gasteiger charge is 2.04. The third-order valence-corrected chi connectivity index (χ3v) is 4.72. The van der Waals surface area contributed by atoms with Crippen LogP contribution in [0.1, 0.15) is 43.7 Å². The van der Waals surface area contributed by atoms with Crippen molar-refractivity contribution in [2.24, 2.45) is 0 Å². The number of phenols is 1. The summed E-state index contributed by atoms with van der Waals surface area (Å²) in [6.07, 6.45) is 8.85. The minimum Gasteiger partial charge on any atom is -0.507 e. The second-order valence-electron chi connectivity index (χ2n) is 6.73. The number of aliphatic hydroxyl groups excluding tert-OH is 1. The highest BCUT2D eigenvalue weighted by atomic mass is 16.3. The zero-order valence-corrected chi connectivity index (χ0v) is 15.3. The molecule has 26 heavy (non-hydrogen) atoms. The van der Waals surface area contributed by atoms with Gasteiger partial charge in [0.2, 0.25) is 0 Å². The van der Waals surface area contributed by atoms with Gasteiger partial charge in [-0.3, -0.25) is 0 Å². The molecule has 0 aromatic heterocycles. The Labute approximate surface area is 155 Å². The average molecular weight is 346 g/mol. The Bertz CT molecular complexity index is 909. The van der Waals surface area contributed by atoms with E-state index in [9.17, 15) is 10.2 Å². The monoisotopic (exact) mass is 346 g/mol. The third-order valence-electron chi connectivity index (χ3n) is 4.72. The summed E-state index contributed by atoms with van der Waals surface area (Å²) in [6.45, 7) is 2.26. The van der Waals surface area contributed by atoms with Crippen LogP contribution in [0.4, 0.5) is 0 Å². The van der Waals surface area contributed by atoms with Crippen molar-refractivity contribution in [3.8, 4) is 16.9 Å². The maximum absolute atomic E-state index is 10.1. The Morgan fingerprint density at radius 3 is 2.38 bits per heavy atom. The van der Waals surface area contributed by atoms with Gasteiger partial charge in [-0.2, -0.15) is 0 Å². The van der Waals surface area contributed by atoms with Crippen molar-refractivity contribution < 1.29 is 10.2 Å². The van der Waals surface area contributed by atoms with Crippen LogP contribution in [0, 0.1) is 0 Å². The van der Waals surface area contributed by atoms with Crippen LogP contribution in [0.5, 0.6) is 5.75 Å². The van der Waals surface area contributed by atoms with Crippen LogP contribution in [-0.4, -0.2) is 10.2 Å². The van der Waals surface area contributed by atoms with Gasteiger partial charge in [-0.1, -0.05) is 62.2 Å². The Hall–Kier alpha value is -2.58. The summed E-state index contributed by atoms with van der Waals surface area (Å²) < 4.78 is 0. The smallest absolute Gasteiger partial charge is 0.122 e. The number of aromatic hydroxyl groups is 1. The van der Waals surface area contributed by atoms with Crippen LogP contribution in [0.15, 0.2) is 60.7 Å². The molecule has 0 radical (unpaired) electrons. The number of aliphatic hydroxyl groups is 1. The Morgan fingerprint density at radius 2 is 1.58 bits per heavy atom. The fourth-order valence-electron chi connectivity index (χ4n) is 3.16. The van der Waals surface area contributed by atoms with E-state index in [4.69, 9.17) is 0 Å². The summed E-state index contributed by atoms with van der Waals surface area (Å²) in [6, 6.07) is 18.1. The molecule has 3 aromatic rings. The Balaban J connectivity index is 1.86. The van der Waals surface area contributed by atoms with Gasteiger partial charge in [-0.25, -0.2) is 0 Å². The van der Waals surface area contributed by atoms with Gasteiger partial charge < -0.3 is 10.2 Å². The molecule has 0 saturated carbocycles. The van der Waals surface area contributed by atoms with Crippen molar-refractivity contribution in [2.45, 2.75) is 39.2 Å². The number of hydrogen-bond acceptors (Lipinski definition) is 2. The highest BCUT2D eigenvalue weighted by molar-refractivity contribution is 5.88. The summed E-state index contributed by atoms with van der Waals surface area (Å²) in [5, 5.41) is 21.7. The Morgan fingerprint density at radius 1 is 0.846 bits per heavy atom. The summed E-state index contributed by atoms with van der Waals surface area (Å²) in [4.78, 5) is 0. The van der Waals surface area contributed by atoms with Crippen molar-refractivity contribution in [3.05, 3.63) is 71.8 Å². The lowest BCUT2D eigenvalue weighted by Gasteiger charge is -2.08. The molecule has 0 amide bonds. The Kier molecular flexibility index (Phi) is 6.08. The first-order chi connectivity index (χ1) is 12.7. The molecule has 0 aliphatic heterocycles. The van der Waals surface area contributed by atoms with E-state index in [1.807, 2.05) is 36.4 Å². The van der Waals surface area contributed by atoms with Gasteiger partial charge in [0.05, 0.1) is 6.61 Å². The van der Waals surface area contributed by atoms with Crippen molar-refractivity contribution in [2.75, 3.05) is 0 Å². The van der Waals surface area contributed by atoms with Crippen molar-refractivity contribution in [3.63, 3.8) is 0 Å². The molecule has 0 unspecified atom stereocenters. The molecular formula is C24H26O2. The highest BCUT2D eigenvalue weighted by Crippen LogP contribution is 2.29. The minimum atomic E-state index is 0.0591. The summed E-state index contributed by atoms with van der Waals surface area (Å²) in [5.74, 6) is 0.314. The topological polar surface area (TPSA) is 40.5 Å². The number of phenolic OH excluding ortho intramolecular Hbond substituents is 1. The molecule has 2 heteroatoms. The van der Waals surface area contributed by atoms with E-state index in [-0.39, 0.29) is 6.61 Å². The number of benzene rings is 3. The second-order valence-corrected chi connectivity index (χ2v) is 6.73. The van der Waals surface area contributed by atoms with Crippen molar-refractivity contribution >= 4 is 16.8 Å².